The molecule has 0 bridgehead atoms. The van der Waals surface area contributed by atoms with Gasteiger partial charge in [0.1, 0.15) is 12.1 Å². The Hall–Kier alpha value is -1.97. The second kappa shape index (κ2) is 10.4. The number of carbonyl (C=O) groups excluding carboxylic acids is 1. The number of rotatable bonds is 9. The van der Waals surface area contributed by atoms with E-state index in [4.69, 9.17) is 9.26 Å². The Morgan fingerprint density at radius 2 is 2.11 bits per heavy atom. The lowest BCUT2D eigenvalue weighted by Gasteiger charge is -2.21. The molecule has 0 saturated carbocycles. The van der Waals surface area contributed by atoms with Crippen molar-refractivity contribution in [1.82, 2.24) is 30.1 Å². The lowest BCUT2D eigenvalue weighted by molar-refractivity contribution is -0.133. The zero-order valence-corrected chi connectivity index (χ0v) is 17.5. The fraction of sp³-hybridized carbons (Fsp3) is 0.647. The monoisotopic (exact) mass is 400 g/mol. The molecule has 2 aromatic rings. The molecule has 10 heteroatoms. The summed E-state index contributed by atoms with van der Waals surface area (Å²) in [6, 6.07) is -0.482. The molecule has 0 radical (unpaired) electrons. The second-order valence-electron chi connectivity index (χ2n) is 6.78. The van der Waals surface area contributed by atoms with Gasteiger partial charge in [0.2, 0.25) is 11.8 Å². The second-order valence-corrected chi connectivity index (χ2v) is 6.78. The summed E-state index contributed by atoms with van der Waals surface area (Å²) in [7, 11) is 5.25. The van der Waals surface area contributed by atoms with E-state index in [1.807, 2.05) is 20.2 Å². The van der Waals surface area contributed by atoms with Crippen LogP contribution in [0, 0.1) is 5.92 Å². The number of hydrogen-bond donors (Lipinski definition) is 1. The Kier molecular flexibility index (Phi) is 8.87. The highest BCUT2D eigenvalue weighted by Crippen LogP contribution is 2.17. The first kappa shape index (κ1) is 23.1. The Labute approximate surface area is 165 Å². The fourth-order valence-corrected chi connectivity index (χ4v) is 2.43. The van der Waals surface area contributed by atoms with Gasteiger partial charge < -0.3 is 19.5 Å². The molecule has 2 heterocycles. The minimum absolute atomic E-state index is 0. The molecule has 2 atom stereocenters. The lowest BCUT2D eigenvalue weighted by Crippen LogP contribution is -2.37. The molecule has 2 rings (SSSR count). The van der Waals surface area contributed by atoms with Gasteiger partial charge >= 0.3 is 0 Å². The van der Waals surface area contributed by atoms with E-state index in [9.17, 15) is 4.79 Å². The van der Waals surface area contributed by atoms with Crippen molar-refractivity contribution in [1.29, 1.82) is 0 Å². The molecule has 0 fully saturated rings. The molecular formula is C17H29ClN6O3. The summed E-state index contributed by atoms with van der Waals surface area (Å²) < 4.78 is 12.6. The average Bonchev–Trinajstić information content (AvgIpc) is 3.22. The predicted octanol–water partition coefficient (Wildman–Crippen LogP) is 1.88. The van der Waals surface area contributed by atoms with E-state index >= 15 is 0 Å². The molecule has 1 amide bonds. The molecule has 1 N–H and O–H groups in total. The van der Waals surface area contributed by atoms with E-state index in [0.717, 1.165) is 5.56 Å². The summed E-state index contributed by atoms with van der Waals surface area (Å²) in [5, 5.41) is 11.1. The number of aryl methyl sites for hydroxylation is 1. The number of likely N-dealkylation sites (N-methyl/N-ethyl adjacent to an activating group) is 2. The van der Waals surface area contributed by atoms with Crippen LogP contribution in [0.3, 0.4) is 0 Å². The van der Waals surface area contributed by atoms with Crippen LogP contribution in [-0.2, 0) is 23.1 Å². The van der Waals surface area contributed by atoms with Crippen molar-refractivity contribution >= 4 is 18.3 Å². The van der Waals surface area contributed by atoms with Crippen LogP contribution >= 0.6 is 12.4 Å². The molecule has 0 aromatic carbocycles. The molecule has 0 aliphatic heterocycles. The normalized spacial score (nSPS) is 13.3. The van der Waals surface area contributed by atoms with Crippen LogP contribution in [0.2, 0.25) is 0 Å². The van der Waals surface area contributed by atoms with Gasteiger partial charge in [-0.25, -0.2) is 0 Å². The quantitative estimate of drug-likeness (QED) is 0.686. The Morgan fingerprint density at radius 1 is 1.41 bits per heavy atom. The number of nitrogens with zero attached hydrogens (tertiary/aromatic N) is 5. The zero-order chi connectivity index (χ0) is 19.3. The highest BCUT2D eigenvalue weighted by molar-refractivity contribution is 5.85. The van der Waals surface area contributed by atoms with Crippen LogP contribution in [0.15, 0.2) is 16.9 Å². The van der Waals surface area contributed by atoms with E-state index < -0.39 is 6.04 Å². The number of amides is 1. The number of carbonyl (C=O) groups is 1. The third-order valence-electron chi connectivity index (χ3n) is 3.87. The number of nitrogens with one attached hydrogen (secondary N) is 1. The number of hydrogen-bond acceptors (Lipinski definition) is 7. The van der Waals surface area contributed by atoms with E-state index in [0.29, 0.717) is 24.2 Å². The Balaban J connectivity index is 0.00000364. The fourth-order valence-electron chi connectivity index (χ4n) is 2.43. The minimum Gasteiger partial charge on any atom is -0.370 e. The maximum absolute atomic E-state index is 12.7. The van der Waals surface area contributed by atoms with Crippen molar-refractivity contribution < 1.29 is 14.1 Å². The molecule has 2 unspecified atom stereocenters. The summed E-state index contributed by atoms with van der Waals surface area (Å²) in [6.07, 6.45) is 3.23. The van der Waals surface area contributed by atoms with E-state index in [1.165, 1.54) is 0 Å². The summed E-state index contributed by atoms with van der Waals surface area (Å²) in [5.74, 6) is 1.18. The molecular weight excluding hydrogens is 372 g/mol. The van der Waals surface area contributed by atoms with E-state index in [-0.39, 0.29) is 31.0 Å². The van der Waals surface area contributed by atoms with Crippen LogP contribution in [-0.4, -0.2) is 51.4 Å². The van der Waals surface area contributed by atoms with Gasteiger partial charge in [-0.2, -0.15) is 10.1 Å². The highest BCUT2D eigenvalue weighted by Gasteiger charge is 2.25. The Bertz CT molecular complexity index is 717. The Morgan fingerprint density at radius 3 is 2.67 bits per heavy atom. The van der Waals surface area contributed by atoms with Gasteiger partial charge in [0.05, 0.1) is 12.7 Å². The third kappa shape index (κ3) is 6.30. The van der Waals surface area contributed by atoms with Gasteiger partial charge in [-0.05, 0) is 19.9 Å². The van der Waals surface area contributed by atoms with Crippen LogP contribution in [0.4, 0.5) is 0 Å². The van der Waals surface area contributed by atoms with Crippen LogP contribution < -0.4 is 5.32 Å². The third-order valence-corrected chi connectivity index (χ3v) is 3.87. The first-order valence-corrected chi connectivity index (χ1v) is 8.66. The predicted molar refractivity (Wildman–Crippen MR) is 102 cm³/mol. The molecule has 0 aliphatic rings. The largest absolute Gasteiger partial charge is 0.370 e. The van der Waals surface area contributed by atoms with Crippen LogP contribution in [0.1, 0.15) is 50.2 Å². The molecule has 0 spiro atoms. The SMILES string of the molecule is CNC(C(=O)N(C)Cc1nc(C(C)OCC(C)C)no1)c1cnn(C)c1.Cl. The highest BCUT2D eigenvalue weighted by atomic mass is 35.5. The van der Waals surface area contributed by atoms with Crippen molar-refractivity contribution in [2.45, 2.75) is 39.5 Å². The summed E-state index contributed by atoms with van der Waals surface area (Å²) in [5.41, 5.74) is 0.800. The molecule has 0 saturated heterocycles. The number of ether oxygens (including phenoxy) is 1. The van der Waals surface area contributed by atoms with Crippen LogP contribution in [0.25, 0.3) is 0 Å². The smallest absolute Gasteiger partial charge is 0.246 e. The number of halogens is 1. The van der Waals surface area contributed by atoms with Crippen molar-refractivity contribution in [3.63, 3.8) is 0 Å². The minimum atomic E-state index is -0.482. The average molecular weight is 401 g/mol. The molecule has 9 nitrogen and oxygen atoms in total. The van der Waals surface area contributed by atoms with Gasteiger partial charge in [0.25, 0.3) is 0 Å². The first-order chi connectivity index (χ1) is 12.3. The molecule has 2 aromatic heterocycles. The molecule has 0 aliphatic carbocycles. The maximum Gasteiger partial charge on any atom is 0.246 e. The van der Waals surface area contributed by atoms with Gasteiger partial charge in [0.15, 0.2) is 5.82 Å². The molecule has 152 valence electrons. The number of aromatic nitrogens is 4. The van der Waals surface area contributed by atoms with Crippen molar-refractivity contribution in [3.05, 3.63) is 29.7 Å². The van der Waals surface area contributed by atoms with Crippen molar-refractivity contribution in [2.24, 2.45) is 13.0 Å². The van der Waals surface area contributed by atoms with Gasteiger partial charge in [0, 0.05) is 32.5 Å². The zero-order valence-electron chi connectivity index (χ0n) is 16.7. The van der Waals surface area contributed by atoms with E-state index in [1.54, 1.807) is 29.9 Å². The van der Waals surface area contributed by atoms with Gasteiger partial charge in [-0.1, -0.05) is 19.0 Å². The summed E-state index contributed by atoms with van der Waals surface area (Å²) in [6.45, 7) is 6.88. The standard InChI is InChI=1S/C17H28N6O3.ClH/c1-11(2)10-25-12(3)16-20-14(26-21-16)9-22(5)17(24)15(18-4)13-7-19-23(6)8-13;/h7-8,11-12,15,18H,9-10H2,1-6H3;1H. The van der Waals surface area contributed by atoms with Crippen molar-refractivity contribution in [3.8, 4) is 0 Å². The van der Waals surface area contributed by atoms with Gasteiger partial charge in [-0.15, -0.1) is 12.4 Å². The summed E-state index contributed by atoms with van der Waals surface area (Å²) in [4.78, 5) is 18.6. The maximum atomic E-state index is 12.7. The van der Waals surface area contributed by atoms with Gasteiger partial charge in [-0.3, -0.25) is 9.48 Å². The lowest BCUT2D eigenvalue weighted by atomic mass is 10.1. The first-order valence-electron chi connectivity index (χ1n) is 8.66. The van der Waals surface area contributed by atoms with Crippen LogP contribution in [0.5, 0.6) is 0 Å². The topological polar surface area (TPSA) is 98.3 Å². The van der Waals surface area contributed by atoms with E-state index in [2.05, 4.69) is 34.4 Å². The summed E-state index contributed by atoms with van der Waals surface area (Å²) >= 11 is 0. The molecule has 27 heavy (non-hydrogen) atoms. The van der Waals surface area contributed by atoms with Crippen molar-refractivity contribution in [2.75, 3.05) is 20.7 Å².